The maximum absolute atomic E-state index is 11.6. The Morgan fingerprint density at radius 3 is 2.25 bits per heavy atom. The quantitative estimate of drug-likeness (QED) is 0.784. The average molecular weight is 233 g/mol. The molecule has 0 unspecified atom stereocenters. The zero-order valence-corrected chi connectivity index (χ0v) is 8.90. The van der Waals surface area contributed by atoms with Crippen molar-refractivity contribution < 1.29 is 8.42 Å². The monoisotopic (exact) mass is 233 g/mol. The Balaban J connectivity index is 2.97. The second-order valence-electron chi connectivity index (χ2n) is 2.72. The molecule has 0 aromatic heterocycles. The minimum absolute atomic E-state index is 0.0708. The van der Waals surface area contributed by atoms with Gasteiger partial charge in [-0.2, -0.15) is 10.5 Å². The predicted molar refractivity (Wildman–Crippen MR) is 56.1 cm³/mol. The highest BCUT2D eigenvalue weighted by molar-refractivity contribution is 7.89. The molecule has 0 spiro atoms. The molecular weight excluding hydrogens is 226 g/mol. The second-order valence-corrected chi connectivity index (χ2v) is 4.43. The van der Waals surface area contributed by atoms with Crippen molar-refractivity contribution >= 4 is 10.0 Å². The fraction of sp³-hybridized carbons (Fsp3) is 0. The minimum Gasteiger partial charge on any atom is -0.284 e. The number of nitriles is 2. The van der Waals surface area contributed by atoms with Crippen LogP contribution in [-0.4, -0.2) is 8.42 Å². The highest BCUT2D eigenvalue weighted by Gasteiger charge is 2.10. The molecule has 0 fully saturated rings. The zero-order valence-electron chi connectivity index (χ0n) is 8.08. The van der Waals surface area contributed by atoms with Crippen LogP contribution in [0.2, 0.25) is 0 Å². The molecule has 0 aliphatic heterocycles. The van der Waals surface area contributed by atoms with Crippen LogP contribution in [0.15, 0.2) is 47.0 Å². The Morgan fingerprint density at radius 1 is 1.19 bits per heavy atom. The molecule has 80 valence electrons. The summed E-state index contributed by atoms with van der Waals surface area (Å²) in [5.41, 5.74) is -0.306. The molecule has 0 bridgehead atoms. The van der Waals surface area contributed by atoms with Crippen molar-refractivity contribution in [1.29, 1.82) is 10.5 Å². The van der Waals surface area contributed by atoms with Gasteiger partial charge in [0.1, 0.15) is 17.7 Å². The molecule has 0 heterocycles. The average Bonchev–Trinajstić information content (AvgIpc) is 2.31. The van der Waals surface area contributed by atoms with Gasteiger partial charge in [-0.25, -0.2) is 8.42 Å². The largest absolute Gasteiger partial charge is 0.284 e. The number of rotatable bonds is 3. The molecule has 0 radical (unpaired) electrons. The molecule has 0 amide bonds. The van der Waals surface area contributed by atoms with Crippen molar-refractivity contribution in [3.8, 4) is 12.1 Å². The molecule has 16 heavy (non-hydrogen) atoms. The van der Waals surface area contributed by atoms with E-state index >= 15 is 0 Å². The molecule has 0 atom stereocenters. The van der Waals surface area contributed by atoms with E-state index in [4.69, 9.17) is 10.5 Å². The van der Waals surface area contributed by atoms with E-state index in [1.807, 2.05) is 4.72 Å². The molecule has 1 aromatic carbocycles. The van der Waals surface area contributed by atoms with Crippen LogP contribution in [0.5, 0.6) is 0 Å². The van der Waals surface area contributed by atoms with Crippen molar-refractivity contribution in [3.63, 3.8) is 0 Å². The number of hydrogen-bond acceptors (Lipinski definition) is 4. The molecule has 0 aliphatic carbocycles. The summed E-state index contributed by atoms with van der Waals surface area (Å²) < 4.78 is 25.2. The Labute approximate surface area is 93.3 Å². The van der Waals surface area contributed by atoms with Crippen LogP contribution < -0.4 is 4.72 Å². The number of hydrogen-bond donors (Lipinski definition) is 1. The Hall–Kier alpha value is -2.31. The van der Waals surface area contributed by atoms with E-state index in [0.29, 0.717) is 0 Å². The Kier molecular flexibility index (Phi) is 3.65. The van der Waals surface area contributed by atoms with Crippen molar-refractivity contribution in [3.05, 3.63) is 42.1 Å². The zero-order chi connectivity index (χ0) is 12.0. The standard InChI is InChI=1S/C10H7N3O2S/c11-6-9(7-12)8-13-16(14,15)10-4-2-1-3-5-10/h1-5,8,13H. The van der Waals surface area contributed by atoms with E-state index in [2.05, 4.69) is 0 Å². The molecule has 0 saturated carbocycles. The first kappa shape index (κ1) is 11.8. The highest BCUT2D eigenvalue weighted by atomic mass is 32.2. The van der Waals surface area contributed by atoms with Crippen molar-refractivity contribution in [2.75, 3.05) is 0 Å². The third kappa shape index (κ3) is 2.84. The normalized spacial score (nSPS) is 9.62. The van der Waals surface area contributed by atoms with Crippen molar-refractivity contribution in [1.82, 2.24) is 4.72 Å². The SMILES string of the molecule is N#CC(C#N)=CNS(=O)(=O)c1ccccc1. The van der Waals surface area contributed by atoms with Crippen LogP contribution in [0, 0.1) is 22.7 Å². The smallest absolute Gasteiger partial charge is 0.261 e. The van der Waals surface area contributed by atoms with E-state index in [1.165, 1.54) is 12.1 Å². The van der Waals surface area contributed by atoms with E-state index < -0.39 is 10.0 Å². The van der Waals surface area contributed by atoms with Gasteiger partial charge in [0, 0.05) is 6.20 Å². The third-order valence-electron chi connectivity index (χ3n) is 1.65. The van der Waals surface area contributed by atoms with Gasteiger partial charge in [0.15, 0.2) is 0 Å². The molecular formula is C10H7N3O2S. The summed E-state index contributed by atoms with van der Waals surface area (Å²) in [4.78, 5) is 0.0708. The molecule has 1 rings (SSSR count). The van der Waals surface area contributed by atoms with E-state index in [0.717, 1.165) is 6.20 Å². The summed E-state index contributed by atoms with van der Waals surface area (Å²) in [5, 5.41) is 16.8. The lowest BCUT2D eigenvalue weighted by molar-refractivity contribution is 0.590. The topological polar surface area (TPSA) is 93.8 Å². The van der Waals surface area contributed by atoms with Gasteiger partial charge in [0.2, 0.25) is 0 Å². The van der Waals surface area contributed by atoms with E-state index in [-0.39, 0.29) is 10.5 Å². The minimum atomic E-state index is -3.70. The van der Waals surface area contributed by atoms with Crippen LogP contribution in [0.3, 0.4) is 0 Å². The molecule has 6 heteroatoms. The summed E-state index contributed by atoms with van der Waals surface area (Å²) >= 11 is 0. The van der Waals surface area contributed by atoms with Crippen LogP contribution >= 0.6 is 0 Å². The van der Waals surface area contributed by atoms with Gasteiger partial charge < -0.3 is 0 Å². The summed E-state index contributed by atoms with van der Waals surface area (Å²) in [6.45, 7) is 0. The van der Waals surface area contributed by atoms with Gasteiger partial charge in [-0.3, -0.25) is 4.72 Å². The van der Waals surface area contributed by atoms with E-state index in [9.17, 15) is 8.42 Å². The fourth-order valence-electron chi connectivity index (χ4n) is 0.894. The van der Waals surface area contributed by atoms with Gasteiger partial charge in [-0.1, -0.05) is 18.2 Å². The fourth-order valence-corrected chi connectivity index (χ4v) is 1.82. The van der Waals surface area contributed by atoms with Gasteiger partial charge in [0.05, 0.1) is 4.90 Å². The number of nitrogens with zero attached hydrogens (tertiary/aromatic N) is 2. The van der Waals surface area contributed by atoms with E-state index in [1.54, 1.807) is 30.3 Å². The first-order valence-corrected chi connectivity index (χ1v) is 5.66. The molecule has 5 nitrogen and oxygen atoms in total. The maximum Gasteiger partial charge on any atom is 0.261 e. The van der Waals surface area contributed by atoms with Crippen molar-refractivity contribution in [2.45, 2.75) is 4.90 Å². The lowest BCUT2D eigenvalue weighted by Gasteiger charge is -2.02. The first-order valence-electron chi connectivity index (χ1n) is 4.18. The van der Waals surface area contributed by atoms with Gasteiger partial charge in [-0.15, -0.1) is 0 Å². The number of sulfonamides is 1. The second kappa shape index (κ2) is 4.96. The number of benzene rings is 1. The summed E-state index contributed by atoms with van der Waals surface area (Å²) in [7, 11) is -3.70. The first-order chi connectivity index (χ1) is 7.60. The number of allylic oxidation sites excluding steroid dienone is 1. The Bertz CT molecular complexity index is 561. The lowest BCUT2D eigenvalue weighted by atomic mass is 10.4. The highest BCUT2D eigenvalue weighted by Crippen LogP contribution is 2.07. The van der Waals surface area contributed by atoms with Gasteiger partial charge in [-0.05, 0) is 12.1 Å². The van der Waals surface area contributed by atoms with Crippen LogP contribution in [0.25, 0.3) is 0 Å². The van der Waals surface area contributed by atoms with Crippen LogP contribution in [-0.2, 0) is 10.0 Å². The lowest BCUT2D eigenvalue weighted by Crippen LogP contribution is -2.18. The van der Waals surface area contributed by atoms with Crippen molar-refractivity contribution in [2.24, 2.45) is 0 Å². The Morgan fingerprint density at radius 2 is 1.75 bits per heavy atom. The molecule has 0 saturated heterocycles. The van der Waals surface area contributed by atoms with Gasteiger partial charge in [0.25, 0.3) is 10.0 Å². The molecule has 1 N–H and O–H groups in total. The summed E-state index contributed by atoms with van der Waals surface area (Å²) in [5.74, 6) is 0. The van der Waals surface area contributed by atoms with Crippen LogP contribution in [0.4, 0.5) is 0 Å². The number of nitrogens with one attached hydrogen (secondary N) is 1. The molecule has 0 aliphatic rings. The summed E-state index contributed by atoms with van der Waals surface area (Å²) in [6, 6.07) is 10.8. The van der Waals surface area contributed by atoms with Gasteiger partial charge >= 0.3 is 0 Å². The molecule has 1 aromatic rings. The predicted octanol–water partition coefficient (Wildman–Crippen LogP) is 0.896. The van der Waals surface area contributed by atoms with Crippen LogP contribution in [0.1, 0.15) is 0 Å². The summed E-state index contributed by atoms with van der Waals surface area (Å²) in [6.07, 6.45) is 0.863. The maximum atomic E-state index is 11.6. The third-order valence-corrected chi connectivity index (χ3v) is 2.97.